The van der Waals surface area contributed by atoms with Gasteiger partial charge in [0, 0.05) is 24.8 Å². The second-order valence-electron chi connectivity index (χ2n) is 8.90. The lowest BCUT2D eigenvalue weighted by atomic mass is 9.96. The van der Waals surface area contributed by atoms with Crippen molar-refractivity contribution in [3.8, 4) is 0 Å². The van der Waals surface area contributed by atoms with E-state index < -0.39 is 0 Å². The SMILES string of the molecule is Cc1ccc2cc(CN(C[C@H]3CCCO3)C(=O)NC3CCCCC3)c(=O)[nH]c2c1C. The summed E-state index contributed by atoms with van der Waals surface area (Å²) in [5.74, 6) is 0. The summed E-state index contributed by atoms with van der Waals surface area (Å²) >= 11 is 0. The molecular formula is C24H33N3O3. The molecular weight excluding hydrogens is 378 g/mol. The minimum absolute atomic E-state index is 0.0477. The fourth-order valence-corrected chi connectivity index (χ4v) is 4.66. The van der Waals surface area contributed by atoms with E-state index in [4.69, 9.17) is 4.74 Å². The van der Waals surface area contributed by atoms with E-state index in [1.807, 2.05) is 26.0 Å². The maximum Gasteiger partial charge on any atom is 0.318 e. The summed E-state index contributed by atoms with van der Waals surface area (Å²) in [6, 6.07) is 6.18. The fraction of sp³-hybridized carbons (Fsp3) is 0.583. The van der Waals surface area contributed by atoms with Crippen molar-refractivity contribution in [3.63, 3.8) is 0 Å². The van der Waals surface area contributed by atoms with Crippen molar-refractivity contribution >= 4 is 16.9 Å². The number of nitrogens with one attached hydrogen (secondary N) is 2. The standard InChI is InChI=1S/C24H33N3O3/c1-16-10-11-18-13-19(23(28)26-22(18)17(16)2)14-27(15-21-9-6-12-30-21)24(29)25-20-7-4-3-5-8-20/h10-11,13,20-21H,3-9,12,14-15H2,1-2H3,(H,25,29)(H,26,28)/t21-/m1/s1. The Kier molecular flexibility index (Phi) is 6.42. The van der Waals surface area contributed by atoms with Crippen LogP contribution in [0.25, 0.3) is 10.9 Å². The monoisotopic (exact) mass is 411 g/mol. The molecule has 1 aliphatic heterocycles. The molecule has 2 aliphatic rings. The van der Waals surface area contributed by atoms with Gasteiger partial charge in [0.1, 0.15) is 0 Å². The molecule has 6 nitrogen and oxygen atoms in total. The number of pyridine rings is 1. The van der Waals surface area contributed by atoms with E-state index in [1.165, 1.54) is 19.3 Å². The van der Waals surface area contributed by atoms with Gasteiger partial charge in [0.05, 0.1) is 18.2 Å². The topological polar surface area (TPSA) is 74.4 Å². The number of amides is 2. The van der Waals surface area contributed by atoms with Crippen LogP contribution in [0.3, 0.4) is 0 Å². The van der Waals surface area contributed by atoms with Gasteiger partial charge in [-0.1, -0.05) is 31.4 Å². The smallest absolute Gasteiger partial charge is 0.318 e. The van der Waals surface area contributed by atoms with Crippen LogP contribution in [0.2, 0.25) is 0 Å². The molecule has 4 rings (SSSR count). The number of aromatic amines is 1. The van der Waals surface area contributed by atoms with Gasteiger partial charge in [-0.2, -0.15) is 0 Å². The number of carbonyl (C=O) groups is 1. The summed E-state index contributed by atoms with van der Waals surface area (Å²) in [7, 11) is 0. The number of nitrogens with zero attached hydrogens (tertiary/aromatic N) is 1. The highest BCUT2D eigenvalue weighted by Crippen LogP contribution is 2.21. The van der Waals surface area contributed by atoms with E-state index in [2.05, 4.69) is 16.4 Å². The van der Waals surface area contributed by atoms with Crippen LogP contribution in [0.15, 0.2) is 23.0 Å². The van der Waals surface area contributed by atoms with E-state index in [0.29, 0.717) is 12.1 Å². The largest absolute Gasteiger partial charge is 0.376 e. The van der Waals surface area contributed by atoms with Crippen LogP contribution in [0.4, 0.5) is 4.79 Å². The molecule has 2 heterocycles. The number of urea groups is 1. The Morgan fingerprint density at radius 2 is 1.97 bits per heavy atom. The highest BCUT2D eigenvalue weighted by atomic mass is 16.5. The number of carbonyl (C=O) groups excluding carboxylic acids is 1. The Labute approximate surface area is 178 Å². The second-order valence-corrected chi connectivity index (χ2v) is 8.90. The van der Waals surface area contributed by atoms with Gasteiger partial charge in [0.25, 0.3) is 5.56 Å². The van der Waals surface area contributed by atoms with Crippen molar-refractivity contribution in [2.75, 3.05) is 13.2 Å². The molecule has 0 bridgehead atoms. The molecule has 1 atom stereocenters. The normalized spacial score (nSPS) is 19.9. The minimum atomic E-state index is -0.126. The van der Waals surface area contributed by atoms with Crippen LogP contribution in [-0.4, -0.2) is 41.2 Å². The molecule has 1 saturated heterocycles. The van der Waals surface area contributed by atoms with Crippen molar-refractivity contribution in [1.82, 2.24) is 15.2 Å². The molecule has 2 N–H and O–H groups in total. The van der Waals surface area contributed by atoms with E-state index in [1.54, 1.807) is 4.90 Å². The Morgan fingerprint density at radius 3 is 2.70 bits per heavy atom. The van der Waals surface area contributed by atoms with Gasteiger partial charge in [-0.05, 0) is 62.1 Å². The van der Waals surface area contributed by atoms with Gasteiger partial charge in [0.15, 0.2) is 0 Å². The van der Waals surface area contributed by atoms with Crippen molar-refractivity contribution in [1.29, 1.82) is 0 Å². The highest BCUT2D eigenvalue weighted by molar-refractivity contribution is 5.83. The van der Waals surface area contributed by atoms with Gasteiger partial charge in [0.2, 0.25) is 0 Å². The summed E-state index contributed by atoms with van der Waals surface area (Å²) in [5, 5.41) is 4.20. The number of aryl methyl sites for hydroxylation is 2. The average Bonchev–Trinajstić information content (AvgIpc) is 3.25. The molecule has 2 amide bonds. The lowest BCUT2D eigenvalue weighted by molar-refractivity contribution is 0.0784. The van der Waals surface area contributed by atoms with Crippen LogP contribution < -0.4 is 10.9 Å². The van der Waals surface area contributed by atoms with Crippen molar-refractivity contribution in [2.24, 2.45) is 0 Å². The van der Waals surface area contributed by atoms with Crippen LogP contribution in [0, 0.1) is 13.8 Å². The predicted molar refractivity (Wildman–Crippen MR) is 119 cm³/mol. The number of aromatic nitrogens is 1. The number of fused-ring (bicyclic) bond motifs is 1. The summed E-state index contributed by atoms with van der Waals surface area (Å²) < 4.78 is 5.78. The fourth-order valence-electron chi connectivity index (χ4n) is 4.66. The molecule has 1 saturated carbocycles. The molecule has 30 heavy (non-hydrogen) atoms. The molecule has 1 aliphatic carbocycles. The maximum atomic E-state index is 13.1. The molecule has 6 heteroatoms. The Bertz CT molecular complexity index is 956. The highest BCUT2D eigenvalue weighted by Gasteiger charge is 2.26. The minimum Gasteiger partial charge on any atom is -0.376 e. The number of hydrogen-bond acceptors (Lipinski definition) is 3. The second kappa shape index (κ2) is 9.21. The first-order valence-corrected chi connectivity index (χ1v) is 11.3. The number of hydrogen-bond donors (Lipinski definition) is 2. The zero-order valence-electron chi connectivity index (χ0n) is 18.1. The molecule has 162 valence electrons. The number of rotatable bonds is 5. The molecule has 2 fully saturated rings. The zero-order chi connectivity index (χ0) is 21.1. The van der Waals surface area contributed by atoms with Crippen LogP contribution in [0.5, 0.6) is 0 Å². The third-order valence-corrected chi connectivity index (χ3v) is 6.66. The van der Waals surface area contributed by atoms with E-state index in [0.717, 1.165) is 54.3 Å². The lowest BCUT2D eigenvalue weighted by Crippen LogP contribution is -2.48. The Morgan fingerprint density at radius 1 is 1.17 bits per heavy atom. The molecule has 2 aromatic rings. The first-order valence-electron chi connectivity index (χ1n) is 11.3. The maximum absolute atomic E-state index is 13.1. The first kappa shape index (κ1) is 20.9. The number of benzene rings is 1. The summed E-state index contributed by atoms with van der Waals surface area (Å²) in [6.07, 6.45) is 7.68. The van der Waals surface area contributed by atoms with Gasteiger partial charge < -0.3 is 19.9 Å². The lowest BCUT2D eigenvalue weighted by Gasteiger charge is -2.29. The van der Waals surface area contributed by atoms with E-state index in [-0.39, 0.29) is 30.3 Å². The average molecular weight is 412 g/mol. The van der Waals surface area contributed by atoms with Crippen LogP contribution in [0.1, 0.15) is 61.6 Å². The van der Waals surface area contributed by atoms with Crippen molar-refractivity contribution in [2.45, 2.75) is 77.5 Å². The van der Waals surface area contributed by atoms with Crippen molar-refractivity contribution in [3.05, 3.63) is 45.2 Å². The number of ether oxygens (including phenoxy) is 1. The van der Waals surface area contributed by atoms with Gasteiger partial charge >= 0.3 is 6.03 Å². The molecule has 1 aromatic heterocycles. The molecule has 1 aromatic carbocycles. The van der Waals surface area contributed by atoms with Crippen LogP contribution >= 0.6 is 0 Å². The van der Waals surface area contributed by atoms with Gasteiger partial charge in [-0.25, -0.2) is 4.79 Å². The quantitative estimate of drug-likeness (QED) is 0.775. The number of H-pyrrole nitrogens is 1. The van der Waals surface area contributed by atoms with Crippen molar-refractivity contribution < 1.29 is 9.53 Å². The molecule has 0 unspecified atom stereocenters. The van der Waals surface area contributed by atoms with Gasteiger partial charge in [-0.3, -0.25) is 4.79 Å². The Balaban J connectivity index is 1.57. The van der Waals surface area contributed by atoms with Gasteiger partial charge in [-0.15, -0.1) is 0 Å². The van der Waals surface area contributed by atoms with E-state index in [9.17, 15) is 9.59 Å². The Hall–Kier alpha value is -2.34. The summed E-state index contributed by atoms with van der Waals surface area (Å²) in [5.41, 5.74) is 3.60. The third-order valence-electron chi connectivity index (χ3n) is 6.66. The first-order chi connectivity index (χ1) is 14.5. The molecule has 0 spiro atoms. The van der Waals surface area contributed by atoms with E-state index >= 15 is 0 Å². The predicted octanol–water partition coefficient (Wildman–Crippen LogP) is 4.17. The third kappa shape index (κ3) is 4.69. The van der Waals surface area contributed by atoms with Crippen LogP contribution in [-0.2, 0) is 11.3 Å². The summed E-state index contributed by atoms with van der Waals surface area (Å²) in [4.78, 5) is 30.8. The zero-order valence-corrected chi connectivity index (χ0v) is 18.1. The molecule has 0 radical (unpaired) electrons. The summed E-state index contributed by atoms with van der Waals surface area (Å²) in [6.45, 7) is 5.62.